The maximum Gasteiger partial charge on any atom is 0.253 e. The molecular formula is C6H6F2N2O2S. The van der Waals surface area contributed by atoms with E-state index in [0.717, 1.165) is 0 Å². The van der Waals surface area contributed by atoms with Gasteiger partial charge in [-0.1, -0.05) is 0 Å². The van der Waals surface area contributed by atoms with Crippen LogP contribution in [0, 0.1) is 11.6 Å². The highest BCUT2D eigenvalue weighted by Crippen LogP contribution is 2.12. The summed E-state index contributed by atoms with van der Waals surface area (Å²) >= 11 is 0. The van der Waals surface area contributed by atoms with Gasteiger partial charge in [0, 0.05) is 6.07 Å². The van der Waals surface area contributed by atoms with Gasteiger partial charge in [-0.05, 0) is 12.1 Å². The van der Waals surface area contributed by atoms with E-state index in [0.29, 0.717) is 18.2 Å². The first kappa shape index (κ1) is 10.0. The minimum Gasteiger partial charge on any atom is -0.257 e. The van der Waals surface area contributed by atoms with E-state index in [1.807, 2.05) is 0 Å². The van der Waals surface area contributed by atoms with Gasteiger partial charge < -0.3 is 0 Å². The number of nitrogens with one attached hydrogen (secondary N) is 1. The third-order valence-corrected chi connectivity index (χ3v) is 2.47. The third kappa shape index (κ3) is 2.20. The van der Waals surface area contributed by atoms with Gasteiger partial charge in [-0.3, -0.25) is 5.84 Å². The van der Waals surface area contributed by atoms with Crippen LogP contribution in [0.3, 0.4) is 0 Å². The van der Waals surface area contributed by atoms with E-state index in [1.54, 1.807) is 0 Å². The summed E-state index contributed by atoms with van der Waals surface area (Å²) in [6.07, 6.45) is 0. The lowest BCUT2D eigenvalue weighted by Crippen LogP contribution is -2.30. The Labute approximate surface area is 73.4 Å². The first-order chi connectivity index (χ1) is 5.95. The topological polar surface area (TPSA) is 72.2 Å². The molecule has 0 aliphatic heterocycles. The van der Waals surface area contributed by atoms with Crippen molar-refractivity contribution in [1.29, 1.82) is 0 Å². The van der Waals surface area contributed by atoms with E-state index in [-0.39, 0.29) is 0 Å². The first-order valence-corrected chi connectivity index (χ1v) is 4.62. The van der Waals surface area contributed by atoms with Crippen LogP contribution in [0.2, 0.25) is 0 Å². The fourth-order valence-electron chi connectivity index (χ4n) is 0.752. The van der Waals surface area contributed by atoms with Gasteiger partial charge in [0.05, 0.1) is 4.90 Å². The lowest BCUT2D eigenvalue weighted by molar-refractivity contribution is 0.562. The SMILES string of the molecule is NNS(=O)(=O)c1cc(F)cc(F)c1. The summed E-state index contributed by atoms with van der Waals surface area (Å²) in [5, 5.41) is 0. The highest BCUT2D eigenvalue weighted by Gasteiger charge is 2.13. The molecule has 0 saturated carbocycles. The van der Waals surface area contributed by atoms with Gasteiger partial charge in [0.2, 0.25) is 0 Å². The van der Waals surface area contributed by atoms with Crippen molar-refractivity contribution in [2.24, 2.45) is 5.84 Å². The van der Waals surface area contributed by atoms with E-state index in [2.05, 4.69) is 5.84 Å². The largest absolute Gasteiger partial charge is 0.257 e. The molecule has 1 aromatic carbocycles. The van der Waals surface area contributed by atoms with Crippen molar-refractivity contribution < 1.29 is 17.2 Å². The number of benzene rings is 1. The van der Waals surface area contributed by atoms with Crippen LogP contribution in [0.4, 0.5) is 8.78 Å². The van der Waals surface area contributed by atoms with E-state index in [9.17, 15) is 17.2 Å². The zero-order valence-corrected chi connectivity index (χ0v) is 7.11. The van der Waals surface area contributed by atoms with Gasteiger partial charge in [0.1, 0.15) is 11.6 Å². The summed E-state index contributed by atoms with van der Waals surface area (Å²) in [7, 11) is -4.00. The minimum absolute atomic E-state index is 0.549. The lowest BCUT2D eigenvalue weighted by atomic mass is 10.3. The number of halogens is 2. The van der Waals surface area contributed by atoms with Gasteiger partial charge in [0.15, 0.2) is 0 Å². The van der Waals surface area contributed by atoms with Gasteiger partial charge in [-0.25, -0.2) is 17.2 Å². The second-order valence-electron chi connectivity index (χ2n) is 2.23. The van der Waals surface area contributed by atoms with Crippen LogP contribution in [0.1, 0.15) is 0 Å². The van der Waals surface area contributed by atoms with Crippen molar-refractivity contribution in [3.8, 4) is 0 Å². The number of sulfonamides is 1. The number of rotatable bonds is 2. The lowest BCUT2D eigenvalue weighted by Gasteiger charge is -2.01. The van der Waals surface area contributed by atoms with Gasteiger partial charge in [0.25, 0.3) is 10.0 Å². The smallest absolute Gasteiger partial charge is 0.253 e. The van der Waals surface area contributed by atoms with E-state index < -0.39 is 26.6 Å². The number of hydrogen-bond acceptors (Lipinski definition) is 3. The molecule has 0 radical (unpaired) electrons. The van der Waals surface area contributed by atoms with Crippen molar-refractivity contribution in [2.75, 3.05) is 0 Å². The number of hydrazine groups is 1. The van der Waals surface area contributed by atoms with Crippen molar-refractivity contribution in [3.63, 3.8) is 0 Å². The maximum atomic E-state index is 12.5. The molecule has 0 fully saturated rings. The maximum absolute atomic E-state index is 12.5. The van der Waals surface area contributed by atoms with E-state index >= 15 is 0 Å². The Kier molecular flexibility index (Phi) is 2.60. The third-order valence-electron chi connectivity index (χ3n) is 1.30. The molecule has 0 aliphatic carbocycles. The molecule has 72 valence electrons. The Hall–Kier alpha value is -1.05. The highest BCUT2D eigenvalue weighted by molar-refractivity contribution is 7.89. The second-order valence-corrected chi connectivity index (χ2v) is 3.94. The molecule has 0 atom stereocenters. The standard InChI is InChI=1S/C6H6F2N2O2S/c7-4-1-5(8)3-6(2-4)13(11,12)10-9/h1-3,10H,9H2. The molecule has 0 heterocycles. The molecule has 0 aromatic heterocycles. The molecule has 4 nitrogen and oxygen atoms in total. The van der Waals surface area contributed by atoms with Crippen molar-refractivity contribution in [3.05, 3.63) is 29.8 Å². The number of nitrogens with two attached hydrogens (primary N) is 1. The molecule has 0 spiro atoms. The molecule has 1 rings (SSSR count). The van der Waals surface area contributed by atoms with Crippen LogP contribution < -0.4 is 10.7 Å². The van der Waals surface area contributed by atoms with Crippen LogP contribution in [0.25, 0.3) is 0 Å². The Morgan fingerprint density at radius 3 is 2.00 bits per heavy atom. The minimum atomic E-state index is -4.00. The molecule has 0 amide bonds. The van der Waals surface area contributed by atoms with Crippen molar-refractivity contribution in [2.45, 2.75) is 4.90 Å². The summed E-state index contributed by atoms with van der Waals surface area (Å²) in [5.41, 5.74) is 0. The normalized spacial score (nSPS) is 11.6. The molecule has 1 aromatic rings. The fraction of sp³-hybridized carbons (Fsp3) is 0. The molecule has 0 unspecified atom stereocenters. The summed E-state index contributed by atoms with van der Waals surface area (Å²) < 4.78 is 46.9. The summed E-state index contributed by atoms with van der Waals surface area (Å²) in [5.74, 6) is 2.70. The summed E-state index contributed by atoms with van der Waals surface area (Å²) in [4.78, 5) is 0.902. The van der Waals surface area contributed by atoms with Gasteiger partial charge >= 0.3 is 0 Å². The Bertz CT molecular complexity index is 398. The van der Waals surface area contributed by atoms with Crippen LogP contribution in [0.5, 0.6) is 0 Å². The van der Waals surface area contributed by atoms with Crippen molar-refractivity contribution >= 4 is 10.0 Å². The monoisotopic (exact) mass is 208 g/mol. The van der Waals surface area contributed by atoms with E-state index in [4.69, 9.17) is 0 Å². The average molecular weight is 208 g/mol. The molecular weight excluding hydrogens is 202 g/mol. The first-order valence-electron chi connectivity index (χ1n) is 3.14. The quantitative estimate of drug-likeness (QED) is 0.535. The predicted octanol–water partition coefficient (Wildman–Crippen LogP) is 0.117. The zero-order chi connectivity index (χ0) is 10.1. The predicted molar refractivity (Wildman–Crippen MR) is 40.9 cm³/mol. The second kappa shape index (κ2) is 3.36. The van der Waals surface area contributed by atoms with Crippen LogP contribution >= 0.6 is 0 Å². The average Bonchev–Trinajstić information content (AvgIpc) is 2.02. The van der Waals surface area contributed by atoms with E-state index in [1.165, 1.54) is 4.83 Å². The summed E-state index contributed by atoms with van der Waals surface area (Å²) in [6, 6.07) is 1.89. The van der Waals surface area contributed by atoms with Gasteiger partial charge in [-0.15, -0.1) is 0 Å². The highest BCUT2D eigenvalue weighted by atomic mass is 32.2. The molecule has 3 N–H and O–H groups in total. The zero-order valence-electron chi connectivity index (χ0n) is 6.29. The van der Waals surface area contributed by atoms with Crippen molar-refractivity contribution in [1.82, 2.24) is 4.83 Å². The summed E-state index contributed by atoms with van der Waals surface area (Å²) in [6.45, 7) is 0. The molecule has 0 saturated heterocycles. The van der Waals surface area contributed by atoms with Gasteiger partial charge in [-0.2, -0.15) is 4.83 Å². The van der Waals surface area contributed by atoms with Crippen LogP contribution in [-0.2, 0) is 10.0 Å². The Morgan fingerprint density at radius 1 is 1.15 bits per heavy atom. The Balaban J connectivity index is 3.32. The molecule has 13 heavy (non-hydrogen) atoms. The molecule has 0 bridgehead atoms. The number of hydrogen-bond donors (Lipinski definition) is 2. The fourth-order valence-corrected chi connectivity index (χ4v) is 1.42. The van der Waals surface area contributed by atoms with Crippen LogP contribution in [-0.4, -0.2) is 8.42 Å². The molecule has 0 aliphatic rings. The van der Waals surface area contributed by atoms with Crippen LogP contribution in [0.15, 0.2) is 23.1 Å². The molecule has 7 heteroatoms. The Morgan fingerprint density at radius 2 is 1.62 bits per heavy atom.